The van der Waals surface area contributed by atoms with E-state index in [1.165, 1.54) is 18.1 Å². The van der Waals surface area contributed by atoms with Crippen molar-refractivity contribution in [3.05, 3.63) is 52.7 Å². The molecule has 0 aliphatic heterocycles. The van der Waals surface area contributed by atoms with Crippen molar-refractivity contribution < 1.29 is 9.53 Å². The van der Waals surface area contributed by atoms with Crippen molar-refractivity contribution in [3.8, 4) is 0 Å². The molecule has 6 heteroatoms. The summed E-state index contributed by atoms with van der Waals surface area (Å²) in [6.07, 6.45) is 1.53. The number of fused-ring (bicyclic) bond motifs is 1. The minimum absolute atomic E-state index is 0.238. The van der Waals surface area contributed by atoms with Gasteiger partial charge in [0.1, 0.15) is 22.8 Å². The lowest BCUT2D eigenvalue weighted by Crippen LogP contribution is -2.08. The Hall–Kier alpha value is -1.92. The van der Waals surface area contributed by atoms with Gasteiger partial charge < -0.3 is 4.74 Å². The van der Waals surface area contributed by atoms with Gasteiger partial charge in [-0.1, -0.05) is 35.5 Å². The Balaban J connectivity index is 1.58. The second-order valence-corrected chi connectivity index (χ2v) is 7.06. The molecule has 118 valence electrons. The summed E-state index contributed by atoms with van der Waals surface area (Å²) in [6, 6.07) is 8.12. The van der Waals surface area contributed by atoms with Crippen molar-refractivity contribution in [3.63, 3.8) is 0 Å². The van der Waals surface area contributed by atoms with Gasteiger partial charge in [0, 0.05) is 5.39 Å². The molecule has 3 aromatic rings. The van der Waals surface area contributed by atoms with Crippen LogP contribution in [-0.2, 0) is 16.1 Å². The van der Waals surface area contributed by atoms with Crippen LogP contribution in [0.1, 0.15) is 16.7 Å². The van der Waals surface area contributed by atoms with Crippen LogP contribution in [-0.4, -0.2) is 21.7 Å². The number of rotatable bonds is 5. The van der Waals surface area contributed by atoms with Gasteiger partial charge in [0.15, 0.2) is 0 Å². The summed E-state index contributed by atoms with van der Waals surface area (Å²) < 4.78 is 5.38. The normalized spacial score (nSPS) is 10.9. The average Bonchev–Trinajstić information content (AvgIpc) is 3.03. The number of aryl methyl sites for hydroxylation is 2. The maximum Gasteiger partial charge on any atom is 0.316 e. The van der Waals surface area contributed by atoms with Crippen LogP contribution in [0.25, 0.3) is 10.2 Å². The lowest BCUT2D eigenvalue weighted by molar-refractivity contribution is -0.141. The Morgan fingerprint density at radius 3 is 3.00 bits per heavy atom. The predicted octanol–water partition coefficient (Wildman–Crippen LogP) is 4.14. The number of hydrogen-bond donors (Lipinski definition) is 0. The molecule has 0 bridgehead atoms. The molecule has 0 aliphatic rings. The van der Waals surface area contributed by atoms with Crippen LogP contribution in [0.5, 0.6) is 0 Å². The summed E-state index contributed by atoms with van der Waals surface area (Å²) in [5.74, 6) is 0.00482. The SMILES string of the molecule is Cc1ccc(C)c(COC(=O)CSc2ncnc3sccc23)c1. The molecule has 0 spiro atoms. The molecule has 4 nitrogen and oxygen atoms in total. The molecule has 1 aromatic carbocycles. The predicted molar refractivity (Wildman–Crippen MR) is 93.9 cm³/mol. The van der Waals surface area contributed by atoms with Crippen LogP contribution in [0.4, 0.5) is 0 Å². The molecule has 2 heterocycles. The Labute approximate surface area is 142 Å². The second kappa shape index (κ2) is 7.10. The number of benzene rings is 1. The van der Waals surface area contributed by atoms with Gasteiger partial charge in [0.25, 0.3) is 0 Å². The molecule has 23 heavy (non-hydrogen) atoms. The number of nitrogens with zero attached hydrogens (tertiary/aromatic N) is 2. The minimum atomic E-state index is -0.238. The summed E-state index contributed by atoms with van der Waals surface area (Å²) in [5.41, 5.74) is 3.34. The summed E-state index contributed by atoms with van der Waals surface area (Å²) in [7, 11) is 0. The average molecular weight is 344 g/mol. The van der Waals surface area contributed by atoms with Crippen molar-refractivity contribution in [1.29, 1.82) is 0 Å². The summed E-state index contributed by atoms with van der Waals surface area (Å²) in [4.78, 5) is 21.4. The number of carbonyl (C=O) groups is 1. The monoisotopic (exact) mass is 344 g/mol. The molecule has 0 atom stereocenters. The zero-order valence-corrected chi connectivity index (χ0v) is 14.5. The van der Waals surface area contributed by atoms with Crippen LogP contribution in [0.15, 0.2) is 41.0 Å². The van der Waals surface area contributed by atoms with Crippen molar-refractivity contribution in [1.82, 2.24) is 9.97 Å². The number of carbonyl (C=O) groups excluding carboxylic acids is 1. The number of thiophene rings is 1. The van der Waals surface area contributed by atoms with E-state index in [2.05, 4.69) is 22.1 Å². The van der Waals surface area contributed by atoms with Gasteiger partial charge in [-0.25, -0.2) is 9.97 Å². The van der Waals surface area contributed by atoms with Crippen molar-refractivity contribution in [2.45, 2.75) is 25.5 Å². The third kappa shape index (κ3) is 3.89. The van der Waals surface area contributed by atoms with Crippen molar-refractivity contribution in [2.75, 3.05) is 5.75 Å². The lowest BCUT2D eigenvalue weighted by Gasteiger charge is -2.08. The fourth-order valence-electron chi connectivity index (χ4n) is 2.17. The molecular weight excluding hydrogens is 328 g/mol. The second-order valence-electron chi connectivity index (χ2n) is 5.20. The largest absolute Gasteiger partial charge is 0.460 e. The van der Waals surface area contributed by atoms with E-state index in [0.717, 1.165) is 31.9 Å². The summed E-state index contributed by atoms with van der Waals surface area (Å²) >= 11 is 2.95. The highest BCUT2D eigenvalue weighted by Crippen LogP contribution is 2.27. The van der Waals surface area contributed by atoms with E-state index in [-0.39, 0.29) is 11.7 Å². The van der Waals surface area contributed by atoms with Crippen LogP contribution >= 0.6 is 23.1 Å². The van der Waals surface area contributed by atoms with Gasteiger partial charge in [-0.15, -0.1) is 11.3 Å². The van der Waals surface area contributed by atoms with E-state index in [1.54, 1.807) is 11.3 Å². The Morgan fingerprint density at radius 1 is 1.26 bits per heavy atom. The first-order valence-corrected chi connectivity index (χ1v) is 9.03. The van der Waals surface area contributed by atoms with Crippen LogP contribution in [0, 0.1) is 13.8 Å². The van der Waals surface area contributed by atoms with Crippen LogP contribution < -0.4 is 0 Å². The fraction of sp³-hybridized carbons (Fsp3) is 0.235. The quantitative estimate of drug-likeness (QED) is 0.395. The molecule has 0 amide bonds. The van der Waals surface area contributed by atoms with E-state index < -0.39 is 0 Å². The summed E-state index contributed by atoms with van der Waals surface area (Å²) in [6.45, 7) is 4.36. The Morgan fingerprint density at radius 2 is 2.13 bits per heavy atom. The van der Waals surface area contributed by atoms with Crippen molar-refractivity contribution >= 4 is 39.3 Å². The first-order chi connectivity index (χ1) is 11.1. The van der Waals surface area contributed by atoms with Gasteiger partial charge >= 0.3 is 5.97 Å². The minimum Gasteiger partial charge on any atom is -0.460 e. The zero-order chi connectivity index (χ0) is 16.2. The maximum atomic E-state index is 12.0. The number of aromatic nitrogens is 2. The smallest absolute Gasteiger partial charge is 0.316 e. The van der Waals surface area contributed by atoms with E-state index in [9.17, 15) is 4.79 Å². The number of hydrogen-bond acceptors (Lipinski definition) is 6. The topological polar surface area (TPSA) is 52.1 Å². The summed E-state index contributed by atoms with van der Waals surface area (Å²) in [5, 5.41) is 3.78. The molecule has 0 N–H and O–H groups in total. The van der Waals surface area contributed by atoms with Gasteiger partial charge in [0.2, 0.25) is 0 Å². The zero-order valence-electron chi connectivity index (χ0n) is 12.9. The fourth-order valence-corrected chi connectivity index (χ4v) is 3.74. The van der Waals surface area contributed by atoms with Gasteiger partial charge in [-0.2, -0.15) is 0 Å². The molecule has 0 saturated heterocycles. The Bertz CT molecular complexity index is 845. The van der Waals surface area contributed by atoms with Crippen LogP contribution in [0.3, 0.4) is 0 Å². The number of thioether (sulfide) groups is 1. The van der Waals surface area contributed by atoms with Gasteiger partial charge in [0.05, 0.1) is 5.75 Å². The van der Waals surface area contributed by atoms with Crippen molar-refractivity contribution in [2.24, 2.45) is 0 Å². The molecule has 3 rings (SSSR count). The third-order valence-corrected chi connectivity index (χ3v) is 5.24. The highest BCUT2D eigenvalue weighted by molar-refractivity contribution is 8.00. The number of esters is 1. The number of ether oxygens (including phenoxy) is 1. The van der Waals surface area contributed by atoms with E-state index >= 15 is 0 Å². The van der Waals surface area contributed by atoms with Gasteiger partial charge in [-0.05, 0) is 36.4 Å². The lowest BCUT2D eigenvalue weighted by atomic mass is 10.1. The first-order valence-electron chi connectivity index (χ1n) is 7.16. The molecule has 0 unspecified atom stereocenters. The molecule has 0 radical (unpaired) electrons. The first kappa shape index (κ1) is 16.0. The highest BCUT2D eigenvalue weighted by atomic mass is 32.2. The maximum absolute atomic E-state index is 12.0. The van der Waals surface area contributed by atoms with E-state index in [1.807, 2.05) is 31.4 Å². The molecular formula is C17H16N2O2S2. The highest BCUT2D eigenvalue weighted by Gasteiger charge is 2.10. The van der Waals surface area contributed by atoms with Crippen LogP contribution in [0.2, 0.25) is 0 Å². The van der Waals surface area contributed by atoms with E-state index in [0.29, 0.717) is 6.61 Å². The molecule has 0 saturated carbocycles. The molecule has 2 aromatic heterocycles. The van der Waals surface area contributed by atoms with Gasteiger partial charge in [-0.3, -0.25) is 4.79 Å². The van der Waals surface area contributed by atoms with E-state index in [4.69, 9.17) is 4.74 Å². The standard InChI is InChI=1S/C17H16N2O2S2/c1-11-3-4-12(2)13(7-11)8-21-15(20)9-23-17-14-5-6-22-16(14)18-10-19-17/h3-7,10H,8-9H2,1-2H3. The third-order valence-electron chi connectivity index (χ3n) is 3.45. The molecule has 0 fully saturated rings. The Kier molecular flexibility index (Phi) is 4.93. The molecule has 0 aliphatic carbocycles.